The molecule has 2 N–H and O–H groups in total. The highest BCUT2D eigenvalue weighted by atomic mass is 35.5. The number of benzene rings is 1. The monoisotopic (exact) mass is 314 g/mol. The van der Waals surface area contributed by atoms with Crippen molar-refractivity contribution in [2.75, 3.05) is 46.6 Å². The number of likely N-dealkylation sites (N-methyl/N-ethyl adjacent to an activating group) is 1. The molecule has 0 aromatic heterocycles. The SMILES string of the molecule is CCOCCN(C)C(CN)c1cc(Cl)c2c(c1)OCCO2. The first-order valence-electron chi connectivity index (χ1n) is 7.24. The highest BCUT2D eigenvalue weighted by Crippen LogP contribution is 2.40. The van der Waals surface area contributed by atoms with Crippen molar-refractivity contribution in [3.63, 3.8) is 0 Å². The summed E-state index contributed by atoms with van der Waals surface area (Å²) in [5, 5.41) is 0.568. The van der Waals surface area contributed by atoms with E-state index in [0.717, 1.165) is 18.7 Å². The fourth-order valence-electron chi connectivity index (χ4n) is 2.40. The average Bonchev–Trinajstić information content (AvgIpc) is 2.48. The lowest BCUT2D eigenvalue weighted by Gasteiger charge is -2.29. The lowest BCUT2D eigenvalue weighted by molar-refractivity contribution is 0.108. The fraction of sp³-hybridized carbons (Fsp3) is 0.600. The molecule has 1 unspecified atom stereocenters. The molecule has 0 spiro atoms. The van der Waals surface area contributed by atoms with E-state index in [2.05, 4.69) is 4.90 Å². The summed E-state index contributed by atoms with van der Waals surface area (Å²) in [6.07, 6.45) is 0. The molecule has 21 heavy (non-hydrogen) atoms. The predicted octanol–water partition coefficient (Wildman–Crippen LogP) is 2.08. The van der Waals surface area contributed by atoms with Crippen molar-refractivity contribution in [2.45, 2.75) is 13.0 Å². The predicted molar refractivity (Wildman–Crippen MR) is 83.4 cm³/mol. The second-order valence-electron chi connectivity index (χ2n) is 4.96. The largest absolute Gasteiger partial charge is 0.486 e. The Kier molecular flexibility index (Phi) is 6.11. The Balaban J connectivity index is 2.16. The van der Waals surface area contributed by atoms with Gasteiger partial charge in [0.2, 0.25) is 0 Å². The maximum absolute atomic E-state index is 6.29. The Labute approximate surface area is 130 Å². The van der Waals surface area contributed by atoms with Gasteiger partial charge in [-0.05, 0) is 31.7 Å². The van der Waals surface area contributed by atoms with Crippen molar-refractivity contribution in [3.05, 3.63) is 22.7 Å². The van der Waals surface area contributed by atoms with E-state index in [9.17, 15) is 0 Å². The van der Waals surface area contributed by atoms with Crippen LogP contribution in [-0.2, 0) is 4.74 Å². The Bertz CT molecular complexity index is 470. The molecule has 1 aromatic carbocycles. The lowest BCUT2D eigenvalue weighted by atomic mass is 10.0. The Hall–Kier alpha value is -1.01. The lowest BCUT2D eigenvalue weighted by Crippen LogP contribution is -2.33. The second kappa shape index (κ2) is 7.84. The summed E-state index contributed by atoms with van der Waals surface area (Å²) in [5.74, 6) is 1.32. The van der Waals surface area contributed by atoms with E-state index in [-0.39, 0.29) is 6.04 Å². The van der Waals surface area contributed by atoms with Crippen LogP contribution in [0.25, 0.3) is 0 Å². The van der Waals surface area contributed by atoms with Gasteiger partial charge >= 0.3 is 0 Å². The molecule has 0 saturated heterocycles. The van der Waals surface area contributed by atoms with Crippen LogP contribution in [0.4, 0.5) is 0 Å². The Morgan fingerprint density at radius 3 is 2.86 bits per heavy atom. The minimum Gasteiger partial charge on any atom is -0.486 e. The second-order valence-corrected chi connectivity index (χ2v) is 5.36. The first-order valence-corrected chi connectivity index (χ1v) is 7.62. The summed E-state index contributed by atoms with van der Waals surface area (Å²) in [7, 11) is 2.03. The molecule has 1 heterocycles. The van der Waals surface area contributed by atoms with Gasteiger partial charge in [-0.3, -0.25) is 4.90 Å². The van der Waals surface area contributed by atoms with E-state index in [1.807, 2.05) is 26.1 Å². The Morgan fingerprint density at radius 2 is 2.14 bits per heavy atom. The molecule has 0 aliphatic carbocycles. The molecule has 0 radical (unpaired) electrons. The molecule has 0 bridgehead atoms. The molecule has 2 rings (SSSR count). The van der Waals surface area contributed by atoms with Gasteiger partial charge in [0.25, 0.3) is 0 Å². The minimum absolute atomic E-state index is 0.0683. The van der Waals surface area contributed by atoms with Gasteiger partial charge in [-0.25, -0.2) is 0 Å². The molecule has 1 atom stereocenters. The number of nitrogens with two attached hydrogens (primary N) is 1. The summed E-state index contributed by atoms with van der Waals surface area (Å²) >= 11 is 6.29. The van der Waals surface area contributed by atoms with Crippen LogP contribution in [0.2, 0.25) is 5.02 Å². The van der Waals surface area contributed by atoms with Crippen molar-refractivity contribution >= 4 is 11.6 Å². The summed E-state index contributed by atoms with van der Waals surface area (Å²) in [4.78, 5) is 2.16. The molecule has 0 saturated carbocycles. The molecule has 1 aliphatic rings. The number of halogens is 1. The zero-order valence-electron chi connectivity index (χ0n) is 12.6. The average molecular weight is 315 g/mol. The number of nitrogens with zero attached hydrogens (tertiary/aromatic N) is 1. The van der Waals surface area contributed by atoms with Crippen LogP contribution in [0.3, 0.4) is 0 Å². The highest BCUT2D eigenvalue weighted by molar-refractivity contribution is 6.32. The molecule has 0 fully saturated rings. The standard InChI is InChI=1S/C15H23ClN2O3/c1-3-19-5-4-18(2)13(10-17)11-8-12(16)15-14(9-11)20-6-7-21-15/h8-9,13H,3-7,10,17H2,1-2H3. The van der Waals surface area contributed by atoms with E-state index in [1.165, 1.54) is 0 Å². The first kappa shape index (κ1) is 16.4. The molecule has 6 heteroatoms. The molecular weight excluding hydrogens is 292 g/mol. The van der Waals surface area contributed by atoms with E-state index < -0.39 is 0 Å². The van der Waals surface area contributed by atoms with Gasteiger partial charge < -0.3 is 19.9 Å². The maximum atomic E-state index is 6.29. The summed E-state index contributed by atoms with van der Waals surface area (Å²) in [6.45, 7) is 5.76. The van der Waals surface area contributed by atoms with Gasteiger partial charge in [0.05, 0.1) is 11.6 Å². The van der Waals surface area contributed by atoms with Crippen molar-refractivity contribution in [3.8, 4) is 11.5 Å². The van der Waals surface area contributed by atoms with Crippen LogP contribution in [0.5, 0.6) is 11.5 Å². The number of fused-ring (bicyclic) bond motifs is 1. The molecule has 118 valence electrons. The van der Waals surface area contributed by atoms with Gasteiger partial charge in [-0.1, -0.05) is 11.6 Å². The molecule has 0 amide bonds. The third kappa shape index (κ3) is 4.01. The number of hydrogen-bond acceptors (Lipinski definition) is 5. The smallest absolute Gasteiger partial charge is 0.179 e. The van der Waals surface area contributed by atoms with Gasteiger partial charge in [0.15, 0.2) is 11.5 Å². The number of hydrogen-bond donors (Lipinski definition) is 1. The van der Waals surface area contributed by atoms with Crippen molar-refractivity contribution in [2.24, 2.45) is 5.73 Å². The maximum Gasteiger partial charge on any atom is 0.179 e. The minimum atomic E-state index is 0.0683. The normalized spacial score (nSPS) is 15.3. The van der Waals surface area contributed by atoms with E-state index in [0.29, 0.717) is 42.9 Å². The van der Waals surface area contributed by atoms with E-state index in [4.69, 9.17) is 31.5 Å². The van der Waals surface area contributed by atoms with Gasteiger partial charge in [0, 0.05) is 25.7 Å². The molecular formula is C15H23ClN2O3. The molecule has 1 aromatic rings. The summed E-state index contributed by atoms with van der Waals surface area (Å²) < 4.78 is 16.6. The topological polar surface area (TPSA) is 57.0 Å². The van der Waals surface area contributed by atoms with Crippen LogP contribution in [-0.4, -0.2) is 51.5 Å². The highest BCUT2D eigenvalue weighted by Gasteiger charge is 2.22. The van der Waals surface area contributed by atoms with Crippen LogP contribution in [0.15, 0.2) is 12.1 Å². The van der Waals surface area contributed by atoms with Gasteiger partial charge in [-0.2, -0.15) is 0 Å². The van der Waals surface area contributed by atoms with Crippen molar-refractivity contribution in [1.29, 1.82) is 0 Å². The van der Waals surface area contributed by atoms with Crippen LogP contribution in [0.1, 0.15) is 18.5 Å². The van der Waals surface area contributed by atoms with Gasteiger partial charge in [-0.15, -0.1) is 0 Å². The van der Waals surface area contributed by atoms with Crippen LogP contribution in [0, 0.1) is 0 Å². The molecule has 5 nitrogen and oxygen atoms in total. The van der Waals surface area contributed by atoms with Gasteiger partial charge in [0.1, 0.15) is 13.2 Å². The van der Waals surface area contributed by atoms with E-state index in [1.54, 1.807) is 0 Å². The number of rotatable bonds is 7. The number of ether oxygens (including phenoxy) is 3. The third-order valence-electron chi connectivity index (χ3n) is 3.55. The quantitative estimate of drug-likeness (QED) is 0.781. The van der Waals surface area contributed by atoms with Crippen LogP contribution < -0.4 is 15.2 Å². The zero-order chi connectivity index (χ0) is 15.2. The summed E-state index contributed by atoms with van der Waals surface area (Å²) in [6, 6.07) is 3.94. The third-order valence-corrected chi connectivity index (χ3v) is 3.83. The van der Waals surface area contributed by atoms with E-state index >= 15 is 0 Å². The van der Waals surface area contributed by atoms with Crippen molar-refractivity contribution in [1.82, 2.24) is 4.90 Å². The summed E-state index contributed by atoms with van der Waals surface area (Å²) in [5.41, 5.74) is 6.97. The van der Waals surface area contributed by atoms with Crippen LogP contribution >= 0.6 is 11.6 Å². The van der Waals surface area contributed by atoms with Crippen molar-refractivity contribution < 1.29 is 14.2 Å². The zero-order valence-corrected chi connectivity index (χ0v) is 13.4. The molecule has 1 aliphatic heterocycles. The fourth-order valence-corrected chi connectivity index (χ4v) is 2.68. The Morgan fingerprint density at radius 1 is 1.38 bits per heavy atom. The first-order chi connectivity index (χ1) is 10.2.